The van der Waals surface area contributed by atoms with Gasteiger partial charge in [0.15, 0.2) is 0 Å². The van der Waals surface area contributed by atoms with Crippen LogP contribution in [-0.2, 0) is 0 Å². The molecule has 0 saturated heterocycles. The molecule has 0 radical (unpaired) electrons. The molecule has 1 saturated carbocycles. The minimum absolute atomic E-state index is 0.778. The molecule has 102 valence electrons. The van der Waals surface area contributed by atoms with Gasteiger partial charge in [-0.2, -0.15) is 0 Å². The van der Waals surface area contributed by atoms with Crippen molar-refractivity contribution in [2.24, 2.45) is 11.8 Å². The standard InChI is InChI=1S/C15H32N2/c1-14(2)12-16-10-6-7-11-17(3)13-15-8-4-5-9-15/h14-16H,4-13H2,1-3H3. The number of unbranched alkanes of at least 4 members (excludes halogenated alkanes) is 1. The summed E-state index contributed by atoms with van der Waals surface area (Å²) in [6.45, 7) is 9.50. The highest BCUT2D eigenvalue weighted by Crippen LogP contribution is 2.25. The van der Waals surface area contributed by atoms with Gasteiger partial charge in [0.2, 0.25) is 0 Å². The molecule has 0 aromatic rings. The van der Waals surface area contributed by atoms with Crippen molar-refractivity contribution in [3.63, 3.8) is 0 Å². The number of nitrogens with zero attached hydrogens (tertiary/aromatic N) is 1. The summed E-state index contributed by atoms with van der Waals surface area (Å²) in [5.74, 6) is 1.78. The SMILES string of the molecule is CC(C)CNCCCCN(C)CC1CCCC1. The molecule has 1 rings (SSSR count). The van der Waals surface area contributed by atoms with Crippen LogP contribution >= 0.6 is 0 Å². The third-order valence-electron chi connectivity index (χ3n) is 3.74. The quantitative estimate of drug-likeness (QED) is 0.623. The normalized spacial score (nSPS) is 17.5. The predicted molar refractivity (Wildman–Crippen MR) is 76.4 cm³/mol. The Labute approximate surface area is 108 Å². The summed E-state index contributed by atoms with van der Waals surface area (Å²) in [5.41, 5.74) is 0. The van der Waals surface area contributed by atoms with E-state index in [1.807, 2.05) is 0 Å². The maximum absolute atomic E-state index is 3.51. The molecule has 1 aliphatic carbocycles. The van der Waals surface area contributed by atoms with E-state index >= 15 is 0 Å². The third kappa shape index (κ3) is 7.77. The Morgan fingerprint density at radius 3 is 2.53 bits per heavy atom. The van der Waals surface area contributed by atoms with Gasteiger partial charge in [0, 0.05) is 6.54 Å². The Bertz CT molecular complexity index is 174. The molecular formula is C15H32N2. The highest BCUT2D eigenvalue weighted by molar-refractivity contribution is 4.70. The molecule has 0 heterocycles. The molecule has 17 heavy (non-hydrogen) atoms. The van der Waals surface area contributed by atoms with Crippen molar-refractivity contribution in [3.8, 4) is 0 Å². The van der Waals surface area contributed by atoms with Crippen molar-refractivity contribution < 1.29 is 0 Å². The van der Waals surface area contributed by atoms with E-state index in [0.29, 0.717) is 0 Å². The Morgan fingerprint density at radius 2 is 1.88 bits per heavy atom. The number of hydrogen-bond donors (Lipinski definition) is 1. The van der Waals surface area contributed by atoms with Gasteiger partial charge >= 0.3 is 0 Å². The Hall–Kier alpha value is -0.0800. The summed E-state index contributed by atoms with van der Waals surface area (Å²) in [4.78, 5) is 2.54. The Morgan fingerprint density at radius 1 is 1.18 bits per heavy atom. The summed E-state index contributed by atoms with van der Waals surface area (Å²) in [7, 11) is 2.29. The van der Waals surface area contributed by atoms with E-state index in [1.54, 1.807) is 0 Å². The van der Waals surface area contributed by atoms with Crippen molar-refractivity contribution in [3.05, 3.63) is 0 Å². The van der Waals surface area contributed by atoms with Gasteiger partial charge < -0.3 is 10.2 Å². The van der Waals surface area contributed by atoms with Gasteiger partial charge in [0.25, 0.3) is 0 Å². The zero-order valence-corrected chi connectivity index (χ0v) is 12.2. The van der Waals surface area contributed by atoms with Crippen molar-refractivity contribution in [2.45, 2.75) is 52.4 Å². The summed E-state index contributed by atoms with van der Waals surface area (Å²) in [5, 5.41) is 3.51. The molecule has 2 nitrogen and oxygen atoms in total. The van der Waals surface area contributed by atoms with Crippen LogP contribution in [0.3, 0.4) is 0 Å². The van der Waals surface area contributed by atoms with E-state index in [1.165, 1.54) is 58.2 Å². The van der Waals surface area contributed by atoms with Crippen molar-refractivity contribution in [1.82, 2.24) is 10.2 Å². The molecule has 0 atom stereocenters. The first kappa shape index (κ1) is 15.0. The molecule has 2 heteroatoms. The van der Waals surface area contributed by atoms with Gasteiger partial charge in [-0.3, -0.25) is 0 Å². The van der Waals surface area contributed by atoms with E-state index in [0.717, 1.165) is 18.4 Å². The monoisotopic (exact) mass is 240 g/mol. The maximum Gasteiger partial charge on any atom is 0.000661 e. The summed E-state index contributed by atoms with van der Waals surface area (Å²) < 4.78 is 0. The van der Waals surface area contributed by atoms with Crippen LogP contribution in [0.5, 0.6) is 0 Å². The van der Waals surface area contributed by atoms with Crippen LogP contribution in [0.2, 0.25) is 0 Å². The molecule has 0 spiro atoms. The molecular weight excluding hydrogens is 208 g/mol. The fourth-order valence-corrected chi connectivity index (χ4v) is 2.75. The lowest BCUT2D eigenvalue weighted by Gasteiger charge is -2.20. The van der Waals surface area contributed by atoms with E-state index in [2.05, 4.69) is 31.1 Å². The van der Waals surface area contributed by atoms with Crippen LogP contribution in [0.1, 0.15) is 52.4 Å². The lowest BCUT2D eigenvalue weighted by molar-refractivity contribution is 0.272. The minimum Gasteiger partial charge on any atom is -0.316 e. The summed E-state index contributed by atoms with van der Waals surface area (Å²) in [6.07, 6.45) is 8.55. The lowest BCUT2D eigenvalue weighted by Crippen LogP contribution is -2.26. The second kappa shape index (κ2) is 8.93. The number of nitrogens with one attached hydrogen (secondary N) is 1. The topological polar surface area (TPSA) is 15.3 Å². The molecule has 0 aromatic carbocycles. The number of rotatable bonds is 9. The van der Waals surface area contributed by atoms with Crippen molar-refractivity contribution >= 4 is 0 Å². The van der Waals surface area contributed by atoms with Gasteiger partial charge in [-0.05, 0) is 64.2 Å². The Balaban J connectivity index is 1.87. The highest BCUT2D eigenvalue weighted by Gasteiger charge is 2.16. The maximum atomic E-state index is 3.51. The largest absolute Gasteiger partial charge is 0.316 e. The van der Waals surface area contributed by atoms with Crippen LogP contribution in [-0.4, -0.2) is 38.1 Å². The van der Waals surface area contributed by atoms with Crippen LogP contribution in [0, 0.1) is 11.8 Å². The first-order valence-corrected chi connectivity index (χ1v) is 7.57. The van der Waals surface area contributed by atoms with Crippen LogP contribution in [0.4, 0.5) is 0 Å². The van der Waals surface area contributed by atoms with Crippen molar-refractivity contribution in [2.75, 3.05) is 33.2 Å². The average Bonchev–Trinajstić information content (AvgIpc) is 2.75. The molecule has 0 aromatic heterocycles. The summed E-state index contributed by atoms with van der Waals surface area (Å²) in [6, 6.07) is 0. The first-order valence-electron chi connectivity index (χ1n) is 7.57. The van der Waals surface area contributed by atoms with E-state index in [9.17, 15) is 0 Å². The van der Waals surface area contributed by atoms with Gasteiger partial charge in [0.1, 0.15) is 0 Å². The molecule has 1 fully saturated rings. The highest BCUT2D eigenvalue weighted by atomic mass is 15.1. The summed E-state index contributed by atoms with van der Waals surface area (Å²) >= 11 is 0. The number of hydrogen-bond acceptors (Lipinski definition) is 2. The second-order valence-electron chi connectivity index (χ2n) is 6.22. The van der Waals surface area contributed by atoms with Gasteiger partial charge in [-0.1, -0.05) is 26.7 Å². The molecule has 0 aliphatic heterocycles. The van der Waals surface area contributed by atoms with Crippen LogP contribution in [0.25, 0.3) is 0 Å². The molecule has 1 aliphatic rings. The fraction of sp³-hybridized carbons (Fsp3) is 1.00. The zero-order chi connectivity index (χ0) is 12.5. The van der Waals surface area contributed by atoms with E-state index in [4.69, 9.17) is 0 Å². The fourth-order valence-electron chi connectivity index (χ4n) is 2.75. The first-order chi connectivity index (χ1) is 8.18. The van der Waals surface area contributed by atoms with E-state index in [-0.39, 0.29) is 0 Å². The average molecular weight is 240 g/mol. The van der Waals surface area contributed by atoms with Gasteiger partial charge in [-0.25, -0.2) is 0 Å². The van der Waals surface area contributed by atoms with Gasteiger partial charge in [-0.15, -0.1) is 0 Å². The second-order valence-corrected chi connectivity index (χ2v) is 6.22. The van der Waals surface area contributed by atoms with Gasteiger partial charge in [0.05, 0.1) is 0 Å². The molecule has 0 unspecified atom stereocenters. The molecule has 0 bridgehead atoms. The van der Waals surface area contributed by atoms with Crippen LogP contribution < -0.4 is 5.32 Å². The predicted octanol–water partition coefficient (Wildman–Crippen LogP) is 3.13. The third-order valence-corrected chi connectivity index (χ3v) is 3.74. The zero-order valence-electron chi connectivity index (χ0n) is 12.2. The minimum atomic E-state index is 0.778. The molecule has 1 N–H and O–H groups in total. The van der Waals surface area contributed by atoms with Crippen LogP contribution in [0.15, 0.2) is 0 Å². The Kier molecular flexibility index (Phi) is 7.87. The smallest absolute Gasteiger partial charge is 0.000661 e. The van der Waals surface area contributed by atoms with Crippen molar-refractivity contribution in [1.29, 1.82) is 0 Å². The lowest BCUT2D eigenvalue weighted by atomic mass is 10.1. The van der Waals surface area contributed by atoms with E-state index < -0.39 is 0 Å². The molecule has 0 amide bonds.